The number of nitrogens with two attached hydrogens (primary N) is 1. The van der Waals surface area contributed by atoms with Crippen LogP contribution in [-0.2, 0) is 31.8 Å². The molecule has 0 aliphatic heterocycles. The topological polar surface area (TPSA) is 156 Å². The zero-order valence-electron chi connectivity index (χ0n) is 22.8. The molecule has 2 atom stereocenters. The Morgan fingerprint density at radius 1 is 1.12 bits per heavy atom. The fourth-order valence-corrected chi connectivity index (χ4v) is 5.93. The highest BCUT2D eigenvalue weighted by atomic mass is 31.2. The van der Waals surface area contributed by atoms with Crippen molar-refractivity contribution in [2.75, 3.05) is 30.6 Å². The third-order valence-electron chi connectivity index (χ3n) is 6.34. The van der Waals surface area contributed by atoms with Crippen LogP contribution in [-0.4, -0.2) is 57.1 Å². The zero-order chi connectivity index (χ0) is 28.7. The molecule has 1 saturated carbocycles. The molecule has 2 aromatic carbocycles. The lowest BCUT2D eigenvalue weighted by Crippen LogP contribution is -2.39. The average molecular weight is 580 g/mol. The van der Waals surface area contributed by atoms with E-state index >= 15 is 0 Å². The number of nitrogen functional groups attached to an aromatic ring is 1. The molecule has 4 aromatic rings. The third kappa shape index (κ3) is 7.81. The van der Waals surface area contributed by atoms with Crippen molar-refractivity contribution < 1.29 is 23.4 Å². The van der Waals surface area contributed by atoms with Crippen molar-refractivity contribution in [3.05, 3.63) is 72.6 Å². The van der Waals surface area contributed by atoms with Crippen LogP contribution < -0.4 is 20.7 Å². The van der Waals surface area contributed by atoms with Crippen LogP contribution in [0, 0.1) is 0 Å². The molecule has 216 valence electrons. The van der Waals surface area contributed by atoms with E-state index in [0.717, 1.165) is 18.4 Å². The van der Waals surface area contributed by atoms with Crippen molar-refractivity contribution in [1.82, 2.24) is 24.6 Å². The van der Waals surface area contributed by atoms with Crippen LogP contribution in [0.25, 0.3) is 11.2 Å². The van der Waals surface area contributed by atoms with Crippen molar-refractivity contribution in [3.8, 4) is 5.75 Å². The summed E-state index contributed by atoms with van der Waals surface area (Å²) >= 11 is 0. The van der Waals surface area contributed by atoms with E-state index in [2.05, 4.69) is 25.4 Å². The number of esters is 1. The number of benzene rings is 2. The summed E-state index contributed by atoms with van der Waals surface area (Å²) in [5.74, 6) is 0.628. The van der Waals surface area contributed by atoms with E-state index in [0.29, 0.717) is 35.3 Å². The van der Waals surface area contributed by atoms with E-state index in [1.54, 1.807) is 42.1 Å². The number of nitrogens with zero attached hydrogens (tertiary/aromatic N) is 4. The number of anilines is 2. The van der Waals surface area contributed by atoms with Gasteiger partial charge in [-0.2, -0.15) is 9.97 Å². The Bertz CT molecular complexity index is 1500. The van der Waals surface area contributed by atoms with Crippen LogP contribution in [0.3, 0.4) is 0 Å². The maximum Gasteiger partial charge on any atom is 0.342 e. The first-order chi connectivity index (χ1) is 19.9. The van der Waals surface area contributed by atoms with Gasteiger partial charge < -0.3 is 29.6 Å². The Hall–Kier alpha value is -3.99. The Kier molecular flexibility index (Phi) is 9.13. The lowest BCUT2D eigenvalue weighted by Gasteiger charge is -2.25. The van der Waals surface area contributed by atoms with Gasteiger partial charge in [-0.1, -0.05) is 48.5 Å². The second-order valence-electron chi connectivity index (χ2n) is 9.70. The number of rotatable bonds is 15. The van der Waals surface area contributed by atoms with Gasteiger partial charge in [-0.15, -0.1) is 0 Å². The van der Waals surface area contributed by atoms with Crippen LogP contribution in [0.2, 0.25) is 0 Å². The maximum absolute atomic E-state index is 14.1. The molecule has 12 nitrogen and oxygen atoms in total. The first-order valence-corrected chi connectivity index (χ1v) is 15.4. The summed E-state index contributed by atoms with van der Waals surface area (Å²) in [4.78, 5) is 26.0. The van der Waals surface area contributed by atoms with E-state index in [9.17, 15) is 9.36 Å². The van der Waals surface area contributed by atoms with Gasteiger partial charge in [0.15, 0.2) is 17.0 Å². The lowest BCUT2D eigenvalue weighted by molar-refractivity contribution is -0.145. The number of carbonyl (C=O) groups is 1. The highest BCUT2D eigenvalue weighted by Gasteiger charge is 2.33. The second-order valence-corrected chi connectivity index (χ2v) is 11.7. The molecule has 41 heavy (non-hydrogen) atoms. The second kappa shape index (κ2) is 13.1. The van der Waals surface area contributed by atoms with Gasteiger partial charge in [-0.25, -0.2) is 10.1 Å². The summed E-state index contributed by atoms with van der Waals surface area (Å²) in [6.45, 7) is 2.46. The van der Waals surface area contributed by atoms with Gasteiger partial charge >= 0.3 is 13.5 Å². The summed E-state index contributed by atoms with van der Waals surface area (Å²) in [5.41, 5.74) is 8.04. The summed E-state index contributed by atoms with van der Waals surface area (Å²) in [6, 6.07) is 17.7. The predicted octanol–water partition coefficient (Wildman–Crippen LogP) is 3.99. The summed E-state index contributed by atoms with van der Waals surface area (Å²) in [7, 11) is -3.74. The van der Waals surface area contributed by atoms with Crippen LogP contribution in [0.4, 0.5) is 11.8 Å². The highest BCUT2D eigenvalue weighted by molar-refractivity contribution is 7.57. The molecule has 0 spiro atoms. The van der Waals surface area contributed by atoms with Crippen molar-refractivity contribution in [1.29, 1.82) is 0 Å². The fourth-order valence-electron chi connectivity index (χ4n) is 4.25. The van der Waals surface area contributed by atoms with Crippen molar-refractivity contribution >= 4 is 36.4 Å². The van der Waals surface area contributed by atoms with Crippen LogP contribution in [0.15, 0.2) is 67.0 Å². The summed E-state index contributed by atoms with van der Waals surface area (Å²) < 4.78 is 33.0. The number of imidazole rings is 1. The van der Waals surface area contributed by atoms with E-state index in [4.69, 9.17) is 19.7 Å². The zero-order valence-corrected chi connectivity index (χ0v) is 23.7. The van der Waals surface area contributed by atoms with Crippen molar-refractivity contribution in [2.24, 2.45) is 0 Å². The molecule has 2 aromatic heterocycles. The molecule has 0 amide bonds. The number of nitrogens with one attached hydrogen (secondary N) is 2. The fraction of sp³-hybridized carbons (Fsp3) is 0.357. The Balaban J connectivity index is 1.29. The predicted molar refractivity (Wildman–Crippen MR) is 156 cm³/mol. The minimum Gasteiger partial charge on any atom is -0.465 e. The molecule has 0 saturated heterocycles. The third-order valence-corrected chi connectivity index (χ3v) is 8.07. The number of hydrogen-bond donors (Lipinski definition) is 3. The van der Waals surface area contributed by atoms with Gasteiger partial charge in [0.05, 0.1) is 19.5 Å². The molecule has 1 aliphatic rings. The van der Waals surface area contributed by atoms with Crippen molar-refractivity contribution in [3.63, 3.8) is 0 Å². The number of carbonyl (C=O) groups excluding carboxylic acids is 1. The number of fused-ring (bicyclic) bond motifs is 1. The smallest absolute Gasteiger partial charge is 0.342 e. The number of aromatic nitrogens is 4. The van der Waals surface area contributed by atoms with Gasteiger partial charge in [0.1, 0.15) is 18.1 Å². The van der Waals surface area contributed by atoms with Crippen LogP contribution >= 0.6 is 7.52 Å². The van der Waals surface area contributed by atoms with E-state index in [1.165, 1.54) is 0 Å². The highest BCUT2D eigenvalue weighted by Crippen LogP contribution is 2.44. The minimum absolute atomic E-state index is 0.150. The molecule has 1 fully saturated rings. The molecule has 0 bridgehead atoms. The monoisotopic (exact) mass is 579 g/mol. The molecule has 0 radical (unpaired) electrons. The number of hydrogen-bond acceptors (Lipinski definition) is 10. The first-order valence-electron chi connectivity index (χ1n) is 13.6. The molecule has 1 aliphatic carbocycles. The van der Waals surface area contributed by atoms with Crippen molar-refractivity contribution in [2.45, 2.75) is 44.8 Å². The molecule has 4 N–H and O–H groups in total. The first kappa shape index (κ1) is 28.5. The number of para-hydroxylation sites is 1. The maximum atomic E-state index is 14.1. The van der Waals surface area contributed by atoms with Gasteiger partial charge in [-0.3, -0.25) is 9.36 Å². The lowest BCUT2D eigenvalue weighted by atomic mass is 10.1. The molecule has 13 heteroatoms. The molecular formula is C28H34N7O5P. The van der Waals surface area contributed by atoms with E-state index < -0.39 is 19.5 Å². The van der Waals surface area contributed by atoms with Gasteiger partial charge in [0, 0.05) is 12.6 Å². The summed E-state index contributed by atoms with van der Waals surface area (Å²) in [5, 5.41) is 6.28. The normalized spacial score (nSPS) is 15.2. The molecule has 2 unspecified atom stereocenters. The standard InChI is InChI=1S/C28H34N7O5P/c1-2-39-27(36)23(17-20-9-5-3-6-10-20)34-41(37,40-22-11-7-4-8-12-22)19-38-16-15-35-18-30-24-25(31-21-13-14-21)32-28(29)33-26(24)35/h3-12,18,21,23H,2,13-17,19H2,1H3,(H,34,37)(H3,29,31,32,33). The summed E-state index contributed by atoms with van der Waals surface area (Å²) in [6.07, 6.45) is 3.80. The Morgan fingerprint density at radius 2 is 1.85 bits per heavy atom. The van der Waals surface area contributed by atoms with Gasteiger partial charge in [0.25, 0.3) is 0 Å². The van der Waals surface area contributed by atoms with Crippen LogP contribution in [0.1, 0.15) is 25.3 Å². The molecule has 2 heterocycles. The van der Waals surface area contributed by atoms with Crippen LogP contribution in [0.5, 0.6) is 5.75 Å². The largest absolute Gasteiger partial charge is 0.465 e. The average Bonchev–Trinajstić information content (AvgIpc) is 3.69. The van der Waals surface area contributed by atoms with E-state index in [-0.39, 0.29) is 31.9 Å². The van der Waals surface area contributed by atoms with E-state index in [1.807, 2.05) is 36.4 Å². The van der Waals surface area contributed by atoms with Gasteiger partial charge in [0.2, 0.25) is 5.95 Å². The Morgan fingerprint density at radius 3 is 2.56 bits per heavy atom. The molecule has 5 rings (SSSR count). The number of ether oxygens (including phenoxy) is 2. The SMILES string of the molecule is CCOC(=O)C(Cc1ccccc1)NP(=O)(COCCn1cnc2c(NC3CC3)nc(N)nc21)Oc1ccccc1. The van der Waals surface area contributed by atoms with Gasteiger partial charge in [-0.05, 0) is 43.9 Å². The quantitative estimate of drug-likeness (QED) is 0.106. The minimum atomic E-state index is -3.74. The molecular weight excluding hydrogens is 545 g/mol. The Labute approximate surface area is 238 Å².